The van der Waals surface area contributed by atoms with Crippen LogP contribution < -0.4 is 5.32 Å². The fourth-order valence-electron chi connectivity index (χ4n) is 5.66. The molecule has 3 aromatic rings. The van der Waals surface area contributed by atoms with E-state index in [0.29, 0.717) is 12.1 Å². The molecule has 2 aromatic carbocycles. The lowest BCUT2D eigenvalue weighted by Crippen LogP contribution is -2.56. The van der Waals surface area contributed by atoms with Crippen LogP contribution >= 0.6 is 11.3 Å². The average Bonchev–Trinajstić information content (AvgIpc) is 3.60. The van der Waals surface area contributed by atoms with Crippen LogP contribution in [0, 0.1) is 19.8 Å². The first-order valence-corrected chi connectivity index (χ1v) is 14.2. The summed E-state index contributed by atoms with van der Waals surface area (Å²) in [6.07, 6.45) is -1.38. The molecule has 204 valence electrons. The first kappa shape index (κ1) is 27.0. The van der Waals surface area contributed by atoms with Gasteiger partial charge in [0, 0.05) is 25.2 Å². The van der Waals surface area contributed by atoms with Gasteiger partial charge in [-0.3, -0.25) is 14.4 Å². The van der Waals surface area contributed by atoms with Crippen LogP contribution in [0.2, 0.25) is 0 Å². The number of carbonyl (C=O) groups is 3. The van der Waals surface area contributed by atoms with Gasteiger partial charge in [-0.15, -0.1) is 11.3 Å². The molecule has 1 fully saturated rings. The standard InChI is InChI=1S/C30H33FN4O3S/c1-17(2)25(35-15-22-7-5-6-8-23(22)29(35)37)30(38)34-12-11-24(31)26(34)28(36)32-14-21-10-9-20(13-18(21)3)27-19(4)33-16-39-27/h5-10,13,16-17,24-26H,11-12,14-15H2,1-4H3,(H,32,36)/t24?,25?,26-/m0/s1. The van der Waals surface area contributed by atoms with Gasteiger partial charge in [-0.2, -0.15) is 0 Å². The number of amides is 3. The van der Waals surface area contributed by atoms with E-state index >= 15 is 4.39 Å². The van der Waals surface area contributed by atoms with Crippen LogP contribution in [-0.4, -0.2) is 57.3 Å². The van der Waals surface area contributed by atoms with Gasteiger partial charge in [0.1, 0.15) is 18.3 Å². The predicted octanol–water partition coefficient (Wildman–Crippen LogP) is 4.66. The fraction of sp³-hybridized carbons (Fsp3) is 0.400. The molecule has 39 heavy (non-hydrogen) atoms. The van der Waals surface area contributed by atoms with E-state index in [1.165, 1.54) is 4.90 Å². The Morgan fingerprint density at radius 1 is 1.18 bits per heavy atom. The van der Waals surface area contributed by atoms with Crippen LogP contribution in [0.15, 0.2) is 48.0 Å². The number of fused-ring (bicyclic) bond motifs is 1. The topological polar surface area (TPSA) is 82.6 Å². The molecule has 0 spiro atoms. The van der Waals surface area contributed by atoms with Crippen molar-refractivity contribution in [3.8, 4) is 10.4 Å². The molecule has 9 heteroatoms. The second-order valence-electron chi connectivity index (χ2n) is 10.7. The lowest BCUT2D eigenvalue weighted by atomic mass is 10.00. The van der Waals surface area contributed by atoms with E-state index in [0.717, 1.165) is 32.8 Å². The molecule has 3 atom stereocenters. The van der Waals surface area contributed by atoms with Gasteiger partial charge in [-0.1, -0.05) is 50.2 Å². The van der Waals surface area contributed by atoms with Crippen LogP contribution in [0.25, 0.3) is 10.4 Å². The Morgan fingerprint density at radius 2 is 1.95 bits per heavy atom. The minimum absolute atomic E-state index is 0.0880. The van der Waals surface area contributed by atoms with Gasteiger partial charge in [0.25, 0.3) is 5.91 Å². The summed E-state index contributed by atoms with van der Waals surface area (Å²) in [4.78, 5) is 48.6. The zero-order chi connectivity index (χ0) is 27.8. The van der Waals surface area contributed by atoms with Gasteiger partial charge in [-0.25, -0.2) is 9.37 Å². The van der Waals surface area contributed by atoms with Crippen molar-refractivity contribution in [3.63, 3.8) is 0 Å². The highest BCUT2D eigenvalue weighted by Crippen LogP contribution is 2.31. The molecule has 0 saturated carbocycles. The highest BCUT2D eigenvalue weighted by Gasteiger charge is 2.47. The monoisotopic (exact) mass is 548 g/mol. The number of aryl methyl sites for hydroxylation is 2. The van der Waals surface area contributed by atoms with E-state index in [4.69, 9.17) is 0 Å². The van der Waals surface area contributed by atoms with Crippen LogP contribution in [0.5, 0.6) is 0 Å². The average molecular weight is 549 g/mol. The van der Waals surface area contributed by atoms with E-state index in [-0.39, 0.29) is 37.2 Å². The lowest BCUT2D eigenvalue weighted by molar-refractivity contribution is -0.144. The number of halogens is 1. The number of hydrogen-bond donors (Lipinski definition) is 1. The quantitative estimate of drug-likeness (QED) is 0.466. The molecule has 2 aliphatic heterocycles. The molecule has 3 heterocycles. The van der Waals surface area contributed by atoms with Crippen molar-refractivity contribution in [2.45, 2.75) is 65.5 Å². The van der Waals surface area contributed by atoms with Crippen molar-refractivity contribution in [3.05, 3.63) is 75.9 Å². The second-order valence-corrected chi connectivity index (χ2v) is 11.5. The van der Waals surface area contributed by atoms with E-state index in [1.54, 1.807) is 28.4 Å². The Kier molecular flexibility index (Phi) is 7.53. The first-order chi connectivity index (χ1) is 18.7. The van der Waals surface area contributed by atoms with Gasteiger partial charge in [0.2, 0.25) is 11.8 Å². The summed E-state index contributed by atoms with van der Waals surface area (Å²) >= 11 is 1.58. The van der Waals surface area contributed by atoms with Crippen LogP contribution in [0.4, 0.5) is 4.39 Å². The van der Waals surface area contributed by atoms with Crippen molar-refractivity contribution in [1.29, 1.82) is 0 Å². The van der Waals surface area contributed by atoms with Crippen molar-refractivity contribution < 1.29 is 18.8 Å². The molecule has 2 unspecified atom stereocenters. The highest BCUT2D eigenvalue weighted by molar-refractivity contribution is 7.13. The molecule has 2 aliphatic rings. The molecule has 1 saturated heterocycles. The zero-order valence-corrected chi connectivity index (χ0v) is 23.4. The fourth-order valence-corrected chi connectivity index (χ4v) is 6.46. The smallest absolute Gasteiger partial charge is 0.255 e. The molecule has 3 amide bonds. The summed E-state index contributed by atoms with van der Waals surface area (Å²) in [5.41, 5.74) is 7.23. The summed E-state index contributed by atoms with van der Waals surface area (Å²) in [6.45, 7) is 8.38. The van der Waals surface area contributed by atoms with Crippen molar-refractivity contribution in [2.24, 2.45) is 5.92 Å². The maximum atomic E-state index is 15.1. The molecule has 0 bridgehead atoms. The SMILES string of the molecule is Cc1cc(-c2scnc2C)ccc1CNC(=O)[C@@H]1C(F)CCN1C(=O)C(C(C)C)N1Cc2ccccc2C1=O. The maximum Gasteiger partial charge on any atom is 0.255 e. The summed E-state index contributed by atoms with van der Waals surface area (Å²) < 4.78 is 15.1. The minimum Gasteiger partial charge on any atom is -0.350 e. The Bertz CT molecular complexity index is 1420. The third kappa shape index (κ3) is 5.07. The van der Waals surface area contributed by atoms with Gasteiger partial charge < -0.3 is 15.1 Å². The number of hydrogen-bond acceptors (Lipinski definition) is 5. The largest absolute Gasteiger partial charge is 0.350 e. The summed E-state index contributed by atoms with van der Waals surface area (Å²) in [5, 5.41) is 2.86. The Morgan fingerprint density at radius 3 is 2.62 bits per heavy atom. The van der Waals surface area contributed by atoms with E-state index in [2.05, 4.69) is 16.4 Å². The van der Waals surface area contributed by atoms with E-state index in [9.17, 15) is 14.4 Å². The number of likely N-dealkylation sites (tertiary alicyclic amines) is 1. The normalized spacial score (nSPS) is 19.5. The summed E-state index contributed by atoms with van der Waals surface area (Å²) in [5.74, 6) is -1.32. The number of nitrogens with zero attached hydrogens (tertiary/aromatic N) is 3. The predicted molar refractivity (Wildman–Crippen MR) is 149 cm³/mol. The Labute approximate surface area is 232 Å². The van der Waals surface area contributed by atoms with Gasteiger partial charge in [0.15, 0.2) is 0 Å². The number of carbonyl (C=O) groups excluding carboxylic acids is 3. The van der Waals surface area contributed by atoms with Crippen LogP contribution in [-0.2, 0) is 22.7 Å². The van der Waals surface area contributed by atoms with E-state index in [1.807, 2.05) is 57.5 Å². The molecule has 1 N–H and O–H groups in total. The number of alkyl halides is 1. The molecular weight excluding hydrogens is 515 g/mol. The van der Waals surface area contributed by atoms with E-state index < -0.39 is 24.2 Å². The second kappa shape index (κ2) is 10.9. The lowest BCUT2D eigenvalue weighted by Gasteiger charge is -2.35. The van der Waals surface area contributed by atoms with Crippen molar-refractivity contribution in [2.75, 3.05) is 6.54 Å². The number of nitrogens with one attached hydrogen (secondary N) is 1. The van der Waals surface area contributed by atoms with Crippen molar-refractivity contribution in [1.82, 2.24) is 20.1 Å². The highest BCUT2D eigenvalue weighted by atomic mass is 32.1. The molecular formula is C30H33FN4O3S. The number of aromatic nitrogens is 1. The molecule has 0 radical (unpaired) electrons. The third-order valence-electron chi connectivity index (χ3n) is 7.75. The van der Waals surface area contributed by atoms with Gasteiger partial charge in [-0.05, 0) is 54.5 Å². The Balaban J connectivity index is 1.30. The third-order valence-corrected chi connectivity index (χ3v) is 8.73. The maximum absolute atomic E-state index is 15.1. The van der Waals surface area contributed by atoms with Gasteiger partial charge >= 0.3 is 0 Å². The molecule has 7 nitrogen and oxygen atoms in total. The van der Waals surface area contributed by atoms with Gasteiger partial charge in [0.05, 0.1) is 16.1 Å². The number of rotatable bonds is 7. The van der Waals surface area contributed by atoms with Crippen LogP contribution in [0.3, 0.4) is 0 Å². The van der Waals surface area contributed by atoms with Crippen molar-refractivity contribution >= 4 is 29.1 Å². The molecule has 1 aromatic heterocycles. The van der Waals surface area contributed by atoms with Crippen LogP contribution in [0.1, 0.15) is 53.0 Å². The zero-order valence-electron chi connectivity index (χ0n) is 22.6. The summed E-state index contributed by atoms with van der Waals surface area (Å²) in [6, 6.07) is 11.3. The first-order valence-electron chi connectivity index (χ1n) is 13.3. The Hall–Kier alpha value is -3.59. The summed E-state index contributed by atoms with van der Waals surface area (Å²) in [7, 11) is 0. The minimum atomic E-state index is -1.47. The number of benzene rings is 2. The molecule has 5 rings (SSSR count). The number of thiazole rings is 1. The molecule has 0 aliphatic carbocycles.